The fourth-order valence-electron chi connectivity index (χ4n) is 3.13. The van der Waals surface area contributed by atoms with Crippen LogP contribution in [0.2, 0.25) is 5.02 Å². The standard InChI is InChI=1S/C17H25BrClN/c1-17(2,3)13-9-7-12(8-10-13)11-20-15-6-4-5-14(19)16(15)18/h4-6,12-13,20H,7-11H2,1-3H3. The maximum Gasteiger partial charge on any atom is 0.0593 e. The number of benzene rings is 1. The predicted octanol–water partition coefficient (Wildman–Crippen LogP) is 6.37. The summed E-state index contributed by atoms with van der Waals surface area (Å²) in [5, 5.41) is 4.32. The molecule has 0 aliphatic heterocycles. The first-order valence-electron chi connectivity index (χ1n) is 7.56. The van der Waals surface area contributed by atoms with Gasteiger partial charge >= 0.3 is 0 Å². The van der Waals surface area contributed by atoms with Gasteiger partial charge in [0.25, 0.3) is 0 Å². The van der Waals surface area contributed by atoms with Gasteiger partial charge in [0.15, 0.2) is 0 Å². The van der Waals surface area contributed by atoms with E-state index in [2.05, 4.69) is 48.1 Å². The van der Waals surface area contributed by atoms with Crippen molar-refractivity contribution >= 4 is 33.2 Å². The molecule has 1 fully saturated rings. The smallest absolute Gasteiger partial charge is 0.0593 e. The van der Waals surface area contributed by atoms with Crippen LogP contribution in [0.3, 0.4) is 0 Å². The largest absolute Gasteiger partial charge is 0.384 e. The number of hydrogen-bond donors (Lipinski definition) is 1. The Labute approximate surface area is 136 Å². The number of rotatable bonds is 3. The minimum atomic E-state index is 0.467. The highest BCUT2D eigenvalue weighted by Crippen LogP contribution is 2.40. The Kier molecular flexibility index (Phi) is 5.42. The van der Waals surface area contributed by atoms with Gasteiger partial charge in [0.2, 0.25) is 0 Å². The molecule has 112 valence electrons. The van der Waals surface area contributed by atoms with Crippen molar-refractivity contribution in [1.29, 1.82) is 0 Å². The molecule has 1 N–H and O–H groups in total. The van der Waals surface area contributed by atoms with Crippen LogP contribution >= 0.6 is 27.5 Å². The van der Waals surface area contributed by atoms with Gasteiger partial charge in [0, 0.05) is 12.2 Å². The highest BCUT2D eigenvalue weighted by Gasteiger charge is 2.29. The quantitative estimate of drug-likeness (QED) is 0.662. The Bertz CT molecular complexity index is 445. The Morgan fingerprint density at radius 3 is 2.45 bits per heavy atom. The topological polar surface area (TPSA) is 12.0 Å². The van der Waals surface area contributed by atoms with Gasteiger partial charge in [-0.05, 0) is 71.0 Å². The maximum absolute atomic E-state index is 6.12. The predicted molar refractivity (Wildman–Crippen MR) is 92.5 cm³/mol. The van der Waals surface area contributed by atoms with E-state index in [-0.39, 0.29) is 0 Å². The van der Waals surface area contributed by atoms with E-state index in [0.717, 1.165) is 33.6 Å². The van der Waals surface area contributed by atoms with Crippen LogP contribution in [0.4, 0.5) is 5.69 Å². The summed E-state index contributed by atoms with van der Waals surface area (Å²) in [7, 11) is 0. The van der Waals surface area contributed by atoms with Crippen molar-refractivity contribution in [3.63, 3.8) is 0 Å². The third-order valence-corrected chi connectivity index (χ3v) is 6.00. The third kappa shape index (κ3) is 4.14. The lowest BCUT2D eigenvalue weighted by Gasteiger charge is -2.37. The SMILES string of the molecule is CC(C)(C)C1CCC(CNc2cccc(Cl)c2Br)CC1. The van der Waals surface area contributed by atoms with E-state index in [1.54, 1.807) is 0 Å². The molecule has 1 aromatic carbocycles. The van der Waals surface area contributed by atoms with Gasteiger partial charge in [-0.3, -0.25) is 0 Å². The minimum absolute atomic E-state index is 0.467. The zero-order valence-corrected chi connectivity index (χ0v) is 15.0. The lowest BCUT2D eigenvalue weighted by Crippen LogP contribution is -2.28. The third-order valence-electron chi connectivity index (χ3n) is 4.60. The summed E-state index contributed by atoms with van der Waals surface area (Å²) in [4.78, 5) is 0. The molecule has 1 aromatic rings. The van der Waals surface area contributed by atoms with E-state index >= 15 is 0 Å². The van der Waals surface area contributed by atoms with Crippen molar-refractivity contribution in [2.75, 3.05) is 11.9 Å². The first kappa shape index (κ1) is 16.2. The molecule has 1 aliphatic rings. The van der Waals surface area contributed by atoms with Gasteiger partial charge in [-0.25, -0.2) is 0 Å². The van der Waals surface area contributed by atoms with Crippen molar-refractivity contribution < 1.29 is 0 Å². The summed E-state index contributed by atoms with van der Waals surface area (Å²) in [5.74, 6) is 1.68. The van der Waals surface area contributed by atoms with Gasteiger partial charge < -0.3 is 5.32 Å². The molecule has 0 aromatic heterocycles. The molecule has 1 nitrogen and oxygen atoms in total. The Morgan fingerprint density at radius 1 is 1.20 bits per heavy atom. The molecule has 1 aliphatic carbocycles. The minimum Gasteiger partial charge on any atom is -0.384 e. The normalized spacial score (nSPS) is 23.6. The molecule has 0 heterocycles. The molecular weight excluding hydrogens is 334 g/mol. The van der Waals surface area contributed by atoms with Crippen LogP contribution in [0.1, 0.15) is 46.5 Å². The van der Waals surface area contributed by atoms with Crippen LogP contribution < -0.4 is 5.32 Å². The summed E-state index contributed by atoms with van der Waals surface area (Å²) < 4.78 is 0.977. The molecule has 2 rings (SSSR count). The molecule has 0 saturated heterocycles. The Hall–Kier alpha value is -0.210. The first-order chi connectivity index (χ1) is 9.38. The highest BCUT2D eigenvalue weighted by molar-refractivity contribution is 9.10. The fourth-order valence-corrected chi connectivity index (χ4v) is 3.71. The second kappa shape index (κ2) is 6.70. The molecule has 0 bridgehead atoms. The molecule has 1 saturated carbocycles. The summed E-state index contributed by atoms with van der Waals surface area (Å²) in [6.45, 7) is 8.17. The second-order valence-electron chi connectivity index (χ2n) is 7.07. The molecule has 0 radical (unpaired) electrons. The van der Waals surface area contributed by atoms with Crippen LogP contribution in [0.15, 0.2) is 22.7 Å². The fraction of sp³-hybridized carbons (Fsp3) is 0.647. The first-order valence-corrected chi connectivity index (χ1v) is 8.73. The summed E-state index contributed by atoms with van der Waals surface area (Å²) >= 11 is 9.66. The van der Waals surface area contributed by atoms with E-state index in [1.807, 2.05) is 12.1 Å². The molecule has 0 spiro atoms. The van der Waals surface area contributed by atoms with Gasteiger partial charge in [0.1, 0.15) is 0 Å². The van der Waals surface area contributed by atoms with Crippen molar-refractivity contribution in [3.8, 4) is 0 Å². The average molecular weight is 359 g/mol. The van der Waals surface area contributed by atoms with Gasteiger partial charge in [0.05, 0.1) is 9.50 Å². The zero-order chi connectivity index (χ0) is 14.8. The van der Waals surface area contributed by atoms with Gasteiger partial charge in [-0.2, -0.15) is 0 Å². The molecule has 0 amide bonds. The van der Waals surface area contributed by atoms with E-state index in [4.69, 9.17) is 11.6 Å². The number of halogens is 2. The van der Waals surface area contributed by atoms with Crippen LogP contribution in [0.5, 0.6) is 0 Å². The lowest BCUT2D eigenvalue weighted by molar-refractivity contribution is 0.153. The molecule has 0 unspecified atom stereocenters. The number of hydrogen-bond acceptors (Lipinski definition) is 1. The number of nitrogens with one attached hydrogen (secondary N) is 1. The van der Waals surface area contributed by atoms with Crippen LogP contribution in [0, 0.1) is 17.3 Å². The van der Waals surface area contributed by atoms with Gasteiger partial charge in [-0.1, -0.05) is 38.4 Å². The second-order valence-corrected chi connectivity index (χ2v) is 8.27. The maximum atomic E-state index is 6.12. The molecule has 20 heavy (non-hydrogen) atoms. The van der Waals surface area contributed by atoms with E-state index in [1.165, 1.54) is 25.7 Å². The van der Waals surface area contributed by atoms with Crippen molar-refractivity contribution in [2.24, 2.45) is 17.3 Å². The average Bonchev–Trinajstić information content (AvgIpc) is 2.40. The van der Waals surface area contributed by atoms with Crippen molar-refractivity contribution in [3.05, 3.63) is 27.7 Å². The number of anilines is 1. The summed E-state index contributed by atoms with van der Waals surface area (Å²) in [6, 6.07) is 5.98. The van der Waals surface area contributed by atoms with Gasteiger partial charge in [-0.15, -0.1) is 0 Å². The van der Waals surface area contributed by atoms with Crippen LogP contribution in [-0.2, 0) is 0 Å². The van der Waals surface area contributed by atoms with E-state index < -0.39 is 0 Å². The summed E-state index contributed by atoms with van der Waals surface area (Å²) in [5.41, 5.74) is 1.57. The Balaban J connectivity index is 1.83. The zero-order valence-electron chi connectivity index (χ0n) is 12.7. The van der Waals surface area contributed by atoms with Crippen molar-refractivity contribution in [1.82, 2.24) is 0 Å². The highest BCUT2D eigenvalue weighted by atomic mass is 79.9. The van der Waals surface area contributed by atoms with E-state index in [0.29, 0.717) is 5.41 Å². The van der Waals surface area contributed by atoms with Crippen LogP contribution in [-0.4, -0.2) is 6.54 Å². The monoisotopic (exact) mass is 357 g/mol. The lowest BCUT2D eigenvalue weighted by atomic mass is 9.70. The molecule has 0 atom stereocenters. The molecule has 3 heteroatoms. The van der Waals surface area contributed by atoms with E-state index in [9.17, 15) is 0 Å². The molecular formula is C17H25BrClN. The van der Waals surface area contributed by atoms with Crippen molar-refractivity contribution in [2.45, 2.75) is 46.5 Å². The Morgan fingerprint density at radius 2 is 1.85 bits per heavy atom. The summed E-state index contributed by atoms with van der Waals surface area (Å²) in [6.07, 6.45) is 5.42. The van der Waals surface area contributed by atoms with Crippen LogP contribution in [0.25, 0.3) is 0 Å².